The van der Waals surface area contributed by atoms with Gasteiger partial charge < -0.3 is 4.57 Å². The van der Waals surface area contributed by atoms with E-state index in [2.05, 4.69) is 48.0 Å². The summed E-state index contributed by atoms with van der Waals surface area (Å²) in [5, 5.41) is 1.87. The molecule has 0 aliphatic carbocycles. The molecular formula is C22H21N3O. The lowest BCUT2D eigenvalue weighted by atomic mass is 10.1. The maximum Gasteiger partial charge on any atom is 0.261 e. The van der Waals surface area contributed by atoms with Crippen LogP contribution in [-0.2, 0) is 13.1 Å². The number of fused-ring (bicyclic) bond motifs is 2. The van der Waals surface area contributed by atoms with Crippen LogP contribution in [0.3, 0.4) is 0 Å². The number of para-hydroxylation sites is 2. The van der Waals surface area contributed by atoms with Gasteiger partial charge in [0, 0.05) is 35.8 Å². The average molecular weight is 343 g/mol. The Labute approximate surface area is 152 Å². The first kappa shape index (κ1) is 16.3. The van der Waals surface area contributed by atoms with Gasteiger partial charge in [0.2, 0.25) is 0 Å². The Balaban J connectivity index is 1.86. The van der Waals surface area contributed by atoms with E-state index in [0.29, 0.717) is 17.8 Å². The van der Waals surface area contributed by atoms with Crippen LogP contribution in [0.4, 0.5) is 0 Å². The molecule has 0 spiro atoms. The van der Waals surface area contributed by atoms with E-state index in [1.165, 1.54) is 10.9 Å². The van der Waals surface area contributed by atoms with Crippen LogP contribution in [0, 0.1) is 0 Å². The summed E-state index contributed by atoms with van der Waals surface area (Å²) in [5.41, 5.74) is 3.09. The first-order valence-corrected chi connectivity index (χ1v) is 8.98. The van der Waals surface area contributed by atoms with Crippen LogP contribution in [0.5, 0.6) is 0 Å². The van der Waals surface area contributed by atoms with Gasteiger partial charge in [0.15, 0.2) is 0 Å². The van der Waals surface area contributed by atoms with Crippen LogP contribution in [0.15, 0.2) is 59.5 Å². The number of nitrogens with zero attached hydrogens (tertiary/aromatic N) is 3. The standard InChI is InChI=1S/C22H21N3O/c1-3-24-15-16(17-9-6-8-12-20(17)24)13-14-21-23-19-11-7-5-10-18(19)22(26)25(21)4-2/h5-15H,3-4H2,1-2H3. The molecule has 2 aromatic heterocycles. The molecule has 4 heteroatoms. The summed E-state index contributed by atoms with van der Waals surface area (Å²) in [5.74, 6) is 0.685. The van der Waals surface area contributed by atoms with Crippen LogP contribution in [-0.4, -0.2) is 14.1 Å². The Hall–Kier alpha value is -3.14. The summed E-state index contributed by atoms with van der Waals surface area (Å²) < 4.78 is 3.95. The van der Waals surface area contributed by atoms with Crippen molar-refractivity contribution in [2.75, 3.05) is 0 Å². The zero-order valence-corrected chi connectivity index (χ0v) is 15.0. The smallest absolute Gasteiger partial charge is 0.261 e. The van der Waals surface area contributed by atoms with Crippen molar-refractivity contribution in [2.45, 2.75) is 26.9 Å². The molecule has 0 fully saturated rings. The lowest BCUT2D eigenvalue weighted by Crippen LogP contribution is -2.22. The Morgan fingerprint density at radius 3 is 2.42 bits per heavy atom. The van der Waals surface area contributed by atoms with Gasteiger partial charge in [-0.15, -0.1) is 0 Å². The van der Waals surface area contributed by atoms with Crippen molar-refractivity contribution in [1.82, 2.24) is 14.1 Å². The molecule has 0 atom stereocenters. The Kier molecular flexibility index (Phi) is 4.17. The molecular weight excluding hydrogens is 322 g/mol. The number of aromatic nitrogens is 3. The molecule has 4 aromatic rings. The normalized spacial score (nSPS) is 11.8. The average Bonchev–Trinajstić information content (AvgIpc) is 3.04. The summed E-state index contributed by atoms with van der Waals surface area (Å²) in [6.45, 7) is 5.62. The molecule has 0 saturated carbocycles. The minimum atomic E-state index is 0.00809. The molecule has 4 nitrogen and oxygen atoms in total. The van der Waals surface area contributed by atoms with Gasteiger partial charge in [-0.3, -0.25) is 9.36 Å². The Bertz CT molecular complexity index is 1180. The Morgan fingerprint density at radius 2 is 1.65 bits per heavy atom. The monoisotopic (exact) mass is 343 g/mol. The highest BCUT2D eigenvalue weighted by Gasteiger charge is 2.08. The predicted molar refractivity (Wildman–Crippen MR) is 108 cm³/mol. The van der Waals surface area contributed by atoms with Gasteiger partial charge >= 0.3 is 0 Å². The van der Waals surface area contributed by atoms with Crippen LogP contribution in [0.25, 0.3) is 34.0 Å². The van der Waals surface area contributed by atoms with E-state index in [1.807, 2.05) is 37.3 Å². The minimum absolute atomic E-state index is 0.00809. The topological polar surface area (TPSA) is 39.8 Å². The van der Waals surface area contributed by atoms with E-state index in [4.69, 9.17) is 4.98 Å². The fourth-order valence-corrected chi connectivity index (χ4v) is 3.45. The molecule has 0 N–H and O–H groups in total. The lowest BCUT2D eigenvalue weighted by Gasteiger charge is -2.08. The third kappa shape index (κ3) is 2.64. The van der Waals surface area contributed by atoms with Gasteiger partial charge in [-0.1, -0.05) is 30.3 Å². The highest BCUT2D eigenvalue weighted by molar-refractivity contribution is 5.92. The van der Waals surface area contributed by atoms with Crippen molar-refractivity contribution in [3.63, 3.8) is 0 Å². The number of rotatable bonds is 4. The SMILES string of the molecule is CCn1c(C=Cc2cn(CC)c3ccccc23)nc2ccccc2c1=O. The summed E-state index contributed by atoms with van der Waals surface area (Å²) in [6.07, 6.45) is 6.15. The fourth-order valence-electron chi connectivity index (χ4n) is 3.45. The zero-order valence-electron chi connectivity index (χ0n) is 15.0. The number of aryl methyl sites for hydroxylation is 1. The van der Waals surface area contributed by atoms with Crippen LogP contribution in [0.2, 0.25) is 0 Å². The molecule has 0 radical (unpaired) electrons. The van der Waals surface area contributed by atoms with Crippen molar-refractivity contribution in [3.8, 4) is 0 Å². The van der Waals surface area contributed by atoms with Crippen LogP contribution in [0.1, 0.15) is 25.2 Å². The lowest BCUT2D eigenvalue weighted by molar-refractivity contribution is 0.708. The third-order valence-electron chi connectivity index (χ3n) is 4.78. The maximum atomic E-state index is 12.7. The molecule has 0 aliphatic heterocycles. The van der Waals surface area contributed by atoms with E-state index >= 15 is 0 Å². The van der Waals surface area contributed by atoms with Gasteiger partial charge in [-0.25, -0.2) is 4.98 Å². The van der Waals surface area contributed by atoms with Crippen LogP contribution < -0.4 is 5.56 Å². The number of hydrogen-bond acceptors (Lipinski definition) is 2. The zero-order chi connectivity index (χ0) is 18.1. The van der Waals surface area contributed by atoms with E-state index in [1.54, 1.807) is 4.57 Å². The van der Waals surface area contributed by atoms with E-state index < -0.39 is 0 Å². The second kappa shape index (κ2) is 6.64. The summed E-state index contributed by atoms with van der Waals surface area (Å²) in [4.78, 5) is 17.4. The summed E-state index contributed by atoms with van der Waals surface area (Å²) >= 11 is 0. The maximum absolute atomic E-state index is 12.7. The molecule has 2 aromatic carbocycles. The van der Waals surface area contributed by atoms with Gasteiger partial charge in [-0.05, 0) is 44.2 Å². The van der Waals surface area contributed by atoms with E-state index in [-0.39, 0.29) is 5.56 Å². The van der Waals surface area contributed by atoms with Gasteiger partial charge in [0.25, 0.3) is 5.56 Å². The first-order valence-electron chi connectivity index (χ1n) is 8.98. The van der Waals surface area contributed by atoms with Crippen molar-refractivity contribution in [3.05, 3.63) is 76.5 Å². The van der Waals surface area contributed by atoms with E-state index in [9.17, 15) is 4.79 Å². The van der Waals surface area contributed by atoms with E-state index in [0.717, 1.165) is 17.6 Å². The van der Waals surface area contributed by atoms with Gasteiger partial charge in [0.05, 0.1) is 10.9 Å². The Morgan fingerprint density at radius 1 is 0.923 bits per heavy atom. The van der Waals surface area contributed by atoms with Crippen molar-refractivity contribution < 1.29 is 0 Å². The molecule has 0 saturated heterocycles. The largest absolute Gasteiger partial charge is 0.347 e. The highest BCUT2D eigenvalue weighted by atomic mass is 16.1. The summed E-state index contributed by atoms with van der Waals surface area (Å²) in [7, 11) is 0. The number of benzene rings is 2. The predicted octanol–water partition coefficient (Wildman–Crippen LogP) is 4.56. The molecule has 0 bridgehead atoms. The fraction of sp³-hybridized carbons (Fsp3) is 0.182. The van der Waals surface area contributed by atoms with Gasteiger partial charge in [0.1, 0.15) is 5.82 Å². The molecule has 0 amide bonds. The highest BCUT2D eigenvalue weighted by Crippen LogP contribution is 2.23. The van der Waals surface area contributed by atoms with Gasteiger partial charge in [-0.2, -0.15) is 0 Å². The second-order valence-corrected chi connectivity index (χ2v) is 6.26. The molecule has 130 valence electrons. The molecule has 2 heterocycles. The molecule has 4 rings (SSSR count). The quantitative estimate of drug-likeness (QED) is 0.545. The summed E-state index contributed by atoms with van der Waals surface area (Å²) in [6, 6.07) is 15.9. The van der Waals surface area contributed by atoms with Crippen molar-refractivity contribution >= 4 is 34.0 Å². The second-order valence-electron chi connectivity index (χ2n) is 6.26. The third-order valence-corrected chi connectivity index (χ3v) is 4.78. The minimum Gasteiger partial charge on any atom is -0.347 e. The molecule has 0 aliphatic rings. The van der Waals surface area contributed by atoms with Crippen molar-refractivity contribution in [2.24, 2.45) is 0 Å². The molecule has 26 heavy (non-hydrogen) atoms. The van der Waals surface area contributed by atoms with Crippen molar-refractivity contribution in [1.29, 1.82) is 0 Å². The number of hydrogen-bond donors (Lipinski definition) is 0. The first-order chi connectivity index (χ1) is 12.7. The molecule has 0 unspecified atom stereocenters. The van der Waals surface area contributed by atoms with Crippen LogP contribution >= 0.6 is 0 Å².